The van der Waals surface area contributed by atoms with Gasteiger partial charge in [0.05, 0.1) is 5.69 Å². The molecule has 1 heterocycles. The molecule has 0 aromatic carbocycles. The normalized spacial score (nSPS) is 12.4. The minimum absolute atomic E-state index is 0.0314. The standard InChI is InChI=1S/C13H23N3O/c1-4-6-10(3)15-13(17)12-8-11(14)9-16(12)7-5-2/h8-10H,4-7,14H2,1-3H3,(H,15,17). The van der Waals surface area contributed by atoms with Crippen LogP contribution in [0.15, 0.2) is 12.3 Å². The van der Waals surface area contributed by atoms with Crippen LogP contribution in [-0.2, 0) is 6.54 Å². The van der Waals surface area contributed by atoms with Gasteiger partial charge in [-0.25, -0.2) is 0 Å². The Morgan fingerprint density at radius 1 is 1.47 bits per heavy atom. The summed E-state index contributed by atoms with van der Waals surface area (Å²) in [5, 5.41) is 2.99. The monoisotopic (exact) mass is 237 g/mol. The summed E-state index contributed by atoms with van der Waals surface area (Å²) in [4.78, 5) is 12.1. The number of hydrogen-bond acceptors (Lipinski definition) is 2. The van der Waals surface area contributed by atoms with Crippen LogP contribution in [0.5, 0.6) is 0 Å². The molecule has 96 valence electrons. The third kappa shape index (κ3) is 3.80. The summed E-state index contributed by atoms with van der Waals surface area (Å²) in [5.41, 5.74) is 7.04. The highest BCUT2D eigenvalue weighted by atomic mass is 16.2. The van der Waals surface area contributed by atoms with E-state index in [2.05, 4.69) is 19.2 Å². The van der Waals surface area contributed by atoms with Crippen LogP contribution in [0.3, 0.4) is 0 Å². The van der Waals surface area contributed by atoms with Crippen molar-refractivity contribution < 1.29 is 4.79 Å². The Labute approximate surface area is 103 Å². The van der Waals surface area contributed by atoms with E-state index in [1.54, 1.807) is 6.07 Å². The molecule has 0 radical (unpaired) electrons. The van der Waals surface area contributed by atoms with Crippen molar-refractivity contribution in [2.24, 2.45) is 0 Å². The summed E-state index contributed by atoms with van der Waals surface area (Å²) < 4.78 is 1.92. The molecule has 1 atom stereocenters. The Morgan fingerprint density at radius 2 is 2.18 bits per heavy atom. The van der Waals surface area contributed by atoms with Crippen molar-refractivity contribution in [3.05, 3.63) is 18.0 Å². The lowest BCUT2D eigenvalue weighted by molar-refractivity contribution is 0.0929. The Kier molecular flexibility index (Phi) is 5.07. The molecule has 0 bridgehead atoms. The molecular weight excluding hydrogens is 214 g/mol. The van der Waals surface area contributed by atoms with Crippen molar-refractivity contribution >= 4 is 11.6 Å². The number of carbonyl (C=O) groups excluding carboxylic acids is 1. The Morgan fingerprint density at radius 3 is 2.76 bits per heavy atom. The minimum Gasteiger partial charge on any atom is -0.397 e. The molecular formula is C13H23N3O. The quantitative estimate of drug-likeness (QED) is 0.798. The molecule has 0 saturated carbocycles. The van der Waals surface area contributed by atoms with Crippen LogP contribution >= 0.6 is 0 Å². The van der Waals surface area contributed by atoms with Gasteiger partial charge in [-0.2, -0.15) is 0 Å². The van der Waals surface area contributed by atoms with Crippen molar-refractivity contribution in [3.63, 3.8) is 0 Å². The van der Waals surface area contributed by atoms with E-state index in [9.17, 15) is 4.79 Å². The number of aryl methyl sites for hydroxylation is 1. The van der Waals surface area contributed by atoms with Gasteiger partial charge in [-0.3, -0.25) is 4.79 Å². The summed E-state index contributed by atoms with van der Waals surface area (Å²) in [7, 11) is 0. The summed E-state index contributed by atoms with van der Waals surface area (Å²) in [5.74, 6) is -0.0314. The smallest absolute Gasteiger partial charge is 0.268 e. The molecule has 17 heavy (non-hydrogen) atoms. The van der Waals surface area contributed by atoms with Crippen LogP contribution in [0.2, 0.25) is 0 Å². The van der Waals surface area contributed by atoms with Crippen molar-refractivity contribution in [2.75, 3.05) is 5.73 Å². The number of nitrogen functional groups attached to an aromatic ring is 1. The number of anilines is 1. The maximum absolute atomic E-state index is 12.1. The van der Waals surface area contributed by atoms with E-state index in [0.717, 1.165) is 25.8 Å². The third-order valence-electron chi connectivity index (χ3n) is 2.71. The predicted octanol–water partition coefficient (Wildman–Crippen LogP) is 2.40. The van der Waals surface area contributed by atoms with Gasteiger partial charge in [-0.1, -0.05) is 20.3 Å². The van der Waals surface area contributed by atoms with Crippen LogP contribution in [0.1, 0.15) is 50.5 Å². The zero-order valence-corrected chi connectivity index (χ0v) is 11.0. The first kappa shape index (κ1) is 13.6. The van der Waals surface area contributed by atoms with E-state index >= 15 is 0 Å². The van der Waals surface area contributed by atoms with Gasteiger partial charge in [0.25, 0.3) is 5.91 Å². The lowest BCUT2D eigenvalue weighted by atomic mass is 10.2. The molecule has 3 N–H and O–H groups in total. The number of nitrogens with one attached hydrogen (secondary N) is 1. The number of aromatic nitrogens is 1. The van der Waals surface area contributed by atoms with Gasteiger partial charge >= 0.3 is 0 Å². The molecule has 0 fully saturated rings. The molecule has 0 saturated heterocycles. The number of amides is 1. The van der Waals surface area contributed by atoms with Gasteiger partial charge in [0.1, 0.15) is 5.69 Å². The van der Waals surface area contributed by atoms with E-state index in [0.29, 0.717) is 11.4 Å². The highest BCUT2D eigenvalue weighted by Gasteiger charge is 2.14. The fraction of sp³-hybridized carbons (Fsp3) is 0.615. The molecule has 4 nitrogen and oxygen atoms in total. The van der Waals surface area contributed by atoms with Crippen LogP contribution in [0.4, 0.5) is 5.69 Å². The molecule has 0 aliphatic rings. The van der Waals surface area contributed by atoms with Gasteiger partial charge < -0.3 is 15.6 Å². The molecule has 4 heteroatoms. The predicted molar refractivity (Wildman–Crippen MR) is 71.0 cm³/mol. The van der Waals surface area contributed by atoms with Gasteiger partial charge in [0, 0.05) is 18.8 Å². The van der Waals surface area contributed by atoms with Crippen LogP contribution in [0.25, 0.3) is 0 Å². The summed E-state index contributed by atoms with van der Waals surface area (Å²) in [6.07, 6.45) is 4.87. The molecule has 1 rings (SSSR count). The first-order valence-electron chi connectivity index (χ1n) is 6.35. The Balaban J connectivity index is 2.73. The van der Waals surface area contributed by atoms with E-state index in [4.69, 9.17) is 5.73 Å². The van der Waals surface area contributed by atoms with Crippen LogP contribution in [-0.4, -0.2) is 16.5 Å². The van der Waals surface area contributed by atoms with Crippen molar-refractivity contribution in [2.45, 2.75) is 52.6 Å². The zero-order chi connectivity index (χ0) is 12.8. The molecule has 1 unspecified atom stereocenters. The second-order valence-corrected chi connectivity index (χ2v) is 4.52. The number of nitrogens with two attached hydrogens (primary N) is 1. The maximum atomic E-state index is 12.1. The van der Waals surface area contributed by atoms with Crippen LogP contribution < -0.4 is 11.1 Å². The SMILES string of the molecule is CCCC(C)NC(=O)c1cc(N)cn1CCC. The van der Waals surface area contributed by atoms with E-state index in [1.807, 2.05) is 17.7 Å². The van der Waals surface area contributed by atoms with Crippen LogP contribution in [0, 0.1) is 0 Å². The zero-order valence-electron chi connectivity index (χ0n) is 11.0. The average Bonchev–Trinajstić information content (AvgIpc) is 2.60. The van der Waals surface area contributed by atoms with E-state index < -0.39 is 0 Å². The lowest BCUT2D eigenvalue weighted by Crippen LogP contribution is -2.33. The third-order valence-corrected chi connectivity index (χ3v) is 2.71. The van der Waals surface area contributed by atoms with Crippen molar-refractivity contribution in [1.82, 2.24) is 9.88 Å². The molecule has 0 aliphatic carbocycles. The molecule has 0 spiro atoms. The Bertz CT molecular complexity index is 371. The second-order valence-electron chi connectivity index (χ2n) is 4.52. The van der Waals surface area contributed by atoms with Gasteiger partial charge in [0.2, 0.25) is 0 Å². The van der Waals surface area contributed by atoms with E-state index in [-0.39, 0.29) is 11.9 Å². The lowest BCUT2D eigenvalue weighted by Gasteiger charge is -2.14. The number of carbonyl (C=O) groups is 1. The first-order chi connectivity index (χ1) is 8.08. The fourth-order valence-corrected chi connectivity index (χ4v) is 1.95. The summed E-state index contributed by atoms with van der Waals surface area (Å²) in [6, 6.07) is 1.95. The number of hydrogen-bond donors (Lipinski definition) is 2. The van der Waals surface area contributed by atoms with Gasteiger partial charge in [-0.05, 0) is 25.8 Å². The average molecular weight is 237 g/mol. The van der Waals surface area contributed by atoms with E-state index in [1.165, 1.54) is 0 Å². The first-order valence-corrected chi connectivity index (χ1v) is 6.35. The van der Waals surface area contributed by atoms with Crippen molar-refractivity contribution in [1.29, 1.82) is 0 Å². The molecule has 1 aromatic heterocycles. The highest BCUT2D eigenvalue weighted by Crippen LogP contribution is 2.12. The highest BCUT2D eigenvalue weighted by molar-refractivity contribution is 5.94. The number of nitrogens with zero attached hydrogens (tertiary/aromatic N) is 1. The molecule has 0 aliphatic heterocycles. The molecule has 1 aromatic rings. The van der Waals surface area contributed by atoms with Crippen molar-refractivity contribution in [3.8, 4) is 0 Å². The minimum atomic E-state index is -0.0314. The van der Waals surface area contributed by atoms with Gasteiger partial charge in [-0.15, -0.1) is 0 Å². The summed E-state index contributed by atoms with van der Waals surface area (Å²) in [6.45, 7) is 7.04. The molecule has 1 amide bonds. The van der Waals surface area contributed by atoms with Gasteiger partial charge in [0.15, 0.2) is 0 Å². The maximum Gasteiger partial charge on any atom is 0.268 e. The Hall–Kier alpha value is -1.45. The largest absolute Gasteiger partial charge is 0.397 e. The fourth-order valence-electron chi connectivity index (χ4n) is 1.95. The number of rotatable bonds is 6. The second kappa shape index (κ2) is 6.33. The summed E-state index contributed by atoms with van der Waals surface area (Å²) >= 11 is 0. The topological polar surface area (TPSA) is 60.1 Å².